The molecule has 1 fully saturated rings. The van der Waals surface area contributed by atoms with Crippen LogP contribution in [0.4, 0.5) is 9.52 Å². The van der Waals surface area contributed by atoms with E-state index in [1.54, 1.807) is 48.5 Å². The summed E-state index contributed by atoms with van der Waals surface area (Å²) in [4.78, 5) is 32.4. The van der Waals surface area contributed by atoms with Crippen molar-refractivity contribution in [1.29, 1.82) is 0 Å². The molecule has 9 heteroatoms. The first-order chi connectivity index (χ1) is 16.9. The summed E-state index contributed by atoms with van der Waals surface area (Å²) < 4.78 is 20.7. The molecular formula is C26H18BrFN2O4S. The first-order valence-electron chi connectivity index (χ1n) is 10.7. The van der Waals surface area contributed by atoms with E-state index in [0.717, 1.165) is 15.8 Å². The van der Waals surface area contributed by atoms with Gasteiger partial charge in [0, 0.05) is 10.0 Å². The van der Waals surface area contributed by atoms with Crippen molar-refractivity contribution in [1.82, 2.24) is 4.98 Å². The van der Waals surface area contributed by atoms with Gasteiger partial charge in [-0.25, -0.2) is 9.37 Å². The number of hydrogen-bond donors (Lipinski definition) is 1. The molecule has 3 aromatic carbocycles. The number of halogens is 2. The average Bonchev–Trinajstić information content (AvgIpc) is 3.37. The number of ketones is 1. The smallest absolute Gasteiger partial charge is 0.301 e. The standard InChI is InChI=1S/C26H18BrFN2O4S/c1-2-34-18-5-3-4-15(12-18)23(31)21-22(14-6-8-16(27)9-7-14)30(25(33)24(21)32)26-29-19-11-10-17(28)13-20(19)35-26/h3-13,22,31H,2H2,1H3. The molecule has 1 N–H and O–H groups in total. The van der Waals surface area contributed by atoms with E-state index in [0.29, 0.717) is 33.7 Å². The van der Waals surface area contributed by atoms with Crippen molar-refractivity contribution in [2.75, 3.05) is 11.5 Å². The molecule has 5 rings (SSSR count). The van der Waals surface area contributed by atoms with Crippen molar-refractivity contribution >= 4 is 60.1 Å². The fraction of sp³-hybridized carbons (Fsp3) is 0.115. The lowest BCUT2D eigenvalue weighted by Crippen LogP contribution is -2.29. The number of aromatic nitrogens is 1. The maximum atomic E-state index is 13.8. The minimum atomic E-state index is -0.927. The Morgan fingerprint density at radius 1 is 1.14 bits per heavy atom. The monoisotopic (exact) mass is 552 g/mol. The highest BCUT2D eigenvalue weighted by Crippen LogP contribution is 2.44. The van der Waals surface area contributed by atoms with Crippen molar-refractivity contribution in [3.05, 3.63) is 93.7 Å². The number of benzene rings is 3. The summed E-state index contributed by atoms with van der Waals surface area (Å²) in [7, 11) is 0. The van der Waals surface area contributed by atoms with Gasteiger partial charge in [0.1, 0.15) is 17.3 Å². The Labute approximate surface area is 212 Å². The fourth-order valence-corrected chi connectivity index (χ4v) is 5.32. The lowest BCUT2D eigenvalue weighted by Gasteiger charge is -2.23. The number of anilines is 1. The molecule has 6 nitrogen and oxygen atoms in total. The van der Waals surface area contributed by atoms with Gasteiger partial charge in [-0.15, -0.1) is 0 Å². The van der Waals surface area contributed by atoms with E-state index in [1.807, 2.05) is 6.92 Å². The van der Waals surface area contributed by atoms with Crippen molar-refractivity contribution < 1.29 is 23.8 Å². The van der Waals surface area contributed by atoms with Crippen LogP contribution in [0.15, 0.2) is 76.8 Å². The van der Waals surface area contributed by atoms with Crippen molar-refractivity contribution in [3.63, 3.8) is 0 Å². The van der Waals surface area contributed by atoms with Crippen LogP contribution >= 0.6 is 27.3 Å². The first kappa shape index (κ1) is 23.2. The van der Waals surface area contributed by atoms with Gasteiger partial charge in [0.2, 0.25) is 0 Å². The predicted molar refractivity (Wildman–Crippen MR) is 136 cm³/mol. The molecule has 0 bridgehead atoms. The number of fused-ring (bicyclic) bond motifs is 1. The lowest BCUT2D eigenvalue weighted by molar-refractivity contribution is -0.132. The highest BCUT2D eigenvalue weighted by molar-refractivity contribution is 9.10. The number of carbonyl (C=O) groups is 2. The quantitative estimate of drug-likeness (QED) is 0.180. The third kappa shape index (κ3) is 4.21. The Hall–Kier alpha value is -3.56. The normalized spacial score (nSPS) is 17.3. The number of amides is 1. The molecule has 1 aliphatic heterocycles. The van der Waals surface area contributed by atoms with Crippen LogP contribution in [-0.4, -0.2) is 28.4 Å². The van der Waals surface area contributed by atoms with E-state index in [2.05, 4.69) is 20.9 Å². The Morgan fingerprint density at radius 3 is 2.66 bits per heavy atom. The molecule has 1 amide bonds. The SMILES string of the molecule is CCOc1cccc(C(O)=C2C(=O)C(=O)N(c3nc4ccc(F)cc4s3)C2c2ccc(Br)cc2)c1. The summed E-state index contributed by atoms with van der Waals surface area (Å²) in [5.41, 5.74) is 1.41. The third-order valence-corrected chi connectivity index (χ3v) is 7.14. The van der Waals surface area contributed by atoms with Gasteiger partial charge >= 0.3 is 5.91 Å². The van der Waals surface area contributed by atoms with Gasteiger partial charge in [-0.2, -0.15) is 0 Å². The molecule has 0 saturated carbocycles. The van der Waals surface area contributed by atoms with Crippen LogP contribution in [0.2, 0.25) is 0 Å². The van der Waals surface area contributed by atoms with Gasteiger partial charge in [-0.3, -0.25) is 14.5 Å². The second kappa shape index (κ2) is 9.24. The van der Waals surface area contributed by atoms with Crippen LogP contribution in [0.5, 0.6) is 5.75 Å². The molecule has 176 valence electrons. The van der Waals surface area contributed by atoms with E-state index in [4.69, 9.17) is 4.74 Å². The molecule has 1 unspecified atom stereocenters. The second-order valence-corrected chi connectivity index (χ2v) is 9.71. The van der Waals surface area contributed by atoms with Gasteiger partial charge in [-0.05, 0) is 55.0 Å². The maximum absolute atomic E-state index is 13.8. The number of aliphatic hydroxyl groups excluding tert-OH is 1. The zero-order valence-corrected chi connectivity index (χ0v) is 20.8. The molecule has 0 spiro atoms. The largest absolute Gasteiger partial charge is 0.507 e. The molecule has 4 aromatic rings. The number of rotatable bonds is 5. The van der Waals surface area contributed by atoms with Crippen LogP contribution in [0.25, 0.3) is 16.0 Å². The van der Waals surface area contributed by atoms with Gasteiger partial charge in [0.05, 0.1) is 28.4 Å². The van der Waals surface area contributed by atoms with Crippen molar-refractivity contribution in [2.24, 2.45) is 0 Å². The number of thiazole rings is 1. The maximum Gasteiger partial charge on any atom is 0.301 e. The van der Waals surface area contributed by atoms with E-state index in [1.165, 1.54) is 23.1 Å². The van der Waals surface area contributed by atoms with Gasteiger partial charge in [0.15, 0.2) is 5.13 Å². The van der Waals surface area contributed by atoms with Crippen LogP contribution in [-0.2, 0) is 9.59 Å². The average molecular weight is 553 g/mol. The van der Waals surface area contributed by atoms with Crippen LogP contribution in [0, 0.1) is 5.82 Å². The van der Waals surface area contributed by atoms with Crippen LogP contribution < -0.4 is 9.64 Å². The van der Waals surface area contributed by atoms with Crippen molar-refractivity contribution in [2.45, 2.75) is 13.0 Å². The van der Waals surface area contributed by atoms with E-state index in [-0.39, 0.29) is 16.5 Å². The minimum absolute atomic E-state index is 0.0589. The molecule has 0 aliphatic carbocycles. The number of nitrogens with zero attached hydrogens (tertiary/aromatic N) is 2. The van der Waals surface area contributed by atoms with Crippen LogP contribution in [0.3, 0.4) is 0 Å². The Bertz CT molecular complexity index is 1500. The van der Waals surface area contributed by atoms with E-state index < -0.39 is 23.5 Å². The molecular weight excluding hydrogens is 535 g/mol. The zero-order valence-electron chi connectivity index (χ0n) is 18.4. The minimum Gasteiger partial charge on any atom is -0.507 e. The summed E-state index contributed by atoms with van der Waals surface area (Å²) >= 11 is 4.51. The summed E-state index contributed by atoms with van der Waals surface area (Å²) in [5, 5.41) is 11.5. The van der Waals surface area contributed by atoms with Gasteiger partial charge in [0.25, 0.3) is 5.78 Å². The molecule has 2 heterocycles. The highest BCUT2D eigenvalue weighted by atomic mass is 79.9. The predicted octanol–water partition coefficient (Wildman–Crippen LogP) is 6.22. The number of Topliss-reactive ketones (excluding diaryl/α,β-unsaturated/α-hetero) is 1. The van der Waals surface area contributed by atoms with Crippen LogP contribution in [0.1, 0.15) is 24.1 Å². The Kier molecular flexibility index (Phi) is 6.12. The second-order valence-electron chi connectivity index (χ2n) is 7.79. The van der Waals surface area contributed by atoms with E-state index in [9.17, 15) is 19.1 Å². The van der Waals surface area contributed by atoms with Crippen molar-refractivity contribution in [3.8, 4) is 5.75 Å². The summed E-state index contributed by atoms with van der Waals surface area (Å²) in [6.45, 7) is 2.28. The molecule has 1 aliphatic rings. The van der Waals surface area contributed by atoms with Gasteiger partial charge in [-0.1, -0.05) is 51.5 Å². The summed E-state index contributed by atoms with van der Waals surface area (Å²) in [5.74, 6) is -1.86. The molecule has 35 heavy (non-hydrogen) atoms. The fourth-order valence-electron chi connectivity index (χ4n) is 4.03. The molecule has 1 atom stereocenters. The Morgan fingerprint density at radius 2 is 1.91 bits per heavy atom. The Balaban J connectivity index is 1.71. The molecule has 0 radical (unpaired) electrons. The summed E-state index contributed by atoms with van der Waals surface area (Å²) in [6, 6.07) is 17.0. The topological polar surface area (TPSA) is 79.7 Å². The third-order valence-electron chi connectivity index (χ3n) is 5.59. The number of hydrogen-bond acceptors (Lipinski definition) is 6. The number of ether oxygens (including phenoxy) is 1. The number of carbonyl (C=O) groups excluding carboxylic acids is 2. The lowest BCUT2D eigenvalue weighted by atomic mass is 9.95. The number of aliphatic hydroxyl groups is 1. The zero-order chi connectivity index (χ0) is 24.7. The molecule has 1 saturated heterocycles. The van der Waals surface area contributed by atoms with E-state index >= 15 is 0 Å². The first-order valence-corrected chi connectivity index (χ1v) is 12.3. The highest BCUT2D eigenvalue weighted by Gasteiger charge is 2.48. The molecule has 1 aromatic heterocycles. The van der Waals surface area contributed by atoms with Gasteiger partial charge < -0.3 is 9.84 Å². The summed E-state index contributed by atoms with van der Waals surface area (Å²) in [6.07, 6.45) is 0.